The predicted octanol–water partition coefficient (Wildman–Crippen LogP) is 5.46. The average Bonchev–Trinajstić information content (AvgIpc) is 2.86. The van der Waals surface area contributed by atoms with Crippen molar-refractivity contribution < 1.29 is 0 Å². The molecule has 1 saturated carbocycles. The van der Waals surface area contributed by atoms with Gasteiger partial charge in [-0.25, -0.2) is 5.32 Å². The number of hydrogen-bond donors (Lipinski definition) is 0. The van der Waals surface area contributed by atoms with Crippen LogP contribution in [0.1, 0.15) is 44.6 Å². The van der Waals surface area contributed by atoms with Crippen molar-refractivity contribution in [1.82, 2.24) is 5.32 Å². The van der Waals surface area contributed by atoms with Gasteiger partial charge in [0.25, 0.3) is 0 Å². The van der Waals surface area contributed by atoms with Crippen LogP contribution < -0.4 is 5.32 Å². The normalized spacial score (nSPS) is 19.1. The van der Waals surface area contributed by atoms with Gasteiger partial charge in [-0.1, -0.05) is 62.6 Å². The maximum Gasteiger partial charge on any atom is 0.0753 e. The van der Waals surface area contributed by atoms with Crippen molar-refractivity contribution in [2.24, 2.45) is 0 Å². The zero-order valence-electron chi connectivity index (χ0n) is 12.0. The van der Waals surface area contributed by atoms with Gasteiger partial charge >= 0.3 is 0 Å². The zero-order valence-corrected chi connectivity index (χ0v) is 12.0. The van der Waals surface area contributed by atoms with Gasteiger partial charge < -0.3 is 0 Å². The second-order valence-corrected chi connectivity index (χ2v) is 6.45. The van der Waals surface area contributed by atoms with E-state index in [1.54, 1.807) is 0 Å². The third-order valence-corrected chi connectivity index (χ3v) is 5.07. The molecular weight excluding hydrogens is 242 g/mol. The van der Waals surface area contributed by atoms with Crippen molar-refractivity contribution in [3.63, 3.8) is 0 Å². The lowest BCUT2D eigenvalue weighted by molar-refractivity contribution is 0.320. The van der Waals surface area contributed by atoms with E-state index >= 15 is 0 Å². The van der Waals surface area contributed by atoms with Gasteiger partial charge in [0.05, 0.1) is 11.4 Å². The van der Waals surface area contributed by atoms with Crippen LogP contribution in [-0.4, -0.2) is 0 Å². The Morgan fingerprint density at radius 2 is 1.60 bits per heavy atom. The highest BCUT2D eigenvalue weighted by atomic mass is 14.9. The van der Waals surface area contributed by atoms with E-state index in [1.165, 1.54) is 54.5 Å². The fraction of sp³-hybridized carbons (Fsp3) is 0.368. The van der Waals surface area contributed by atoms with Gasteiger partial charge in [-0.2, -0.15) is 0 Å². The van der Waals surface area contributed by atoms with Crippen LogP contribution in [0.2, 0.25) is 0 Å². The maximum absolute atomic E-state index is 4.94. The molecule has 0 unspecified atom stereocenters. The van der Waals surface area contributed by atoms with Crippen molar-refractivity contribution in [1.29, 1.82) is 0 Å². The summed E-state index contributed by atoms with van der Waals surface area (Å²) in [6, 6.07) is 15.3. The largest absolute Gasteiger partial charge is 0.247 e. The van der Waals surface area contributed by atoms with Gasteiger partial charge in [0.15, 0.2) is 0 Å². The summed E-state index contributed by atoms with van der Waals surface area (Å²) in [4.78, 5) is 0. The summed E-state index contributed by atoms with van der Waals surface area (Å²) in [5.74, 6) is 0. The summed E-state index contributed by atoms with van der Waals surface area (Å²) in [7, 11) is 0. The third-order valence-electron chi connectivity index (χ3n) is 5.07. The summed E-state index contributed by atoms with van der Waals surface area (Å²) < 4.78 is 0. The Morgan fingerprint density at radius 3 is 2.45 bits per heavy atom. The zero-order chi connectivity index (χ0) is 13.6. The van der Waals surface area contributed by atoms with Gasteiger partial charge in [0, 0.05) is 11.1 Å². The number of rotatable bonds is 1. The first kappa shape index (κ1) is 12.0. The first-order valence-electron chi connectivity index (χ1n) is 7.73. The standard InChI is InChI=1S/C19H20N/c1-19(12-5-2-6-13-19)16-10-7-9-15-14-8-3-4-11-17(14)20-18(15)16/h3-4,7-11H,2,5-6,12-13H2,1H3. The molecule has 0 amide bonds. The molecule has 1 radical (unpaired) electrons. The number of fused-ring (bicyclic) bond motifs is 3. The van der Waals surface area contributed by atoms with Crippen molar-refractivity contribution in [3.05, 3.63) is 48.0 Å². The van der Waals surface area contributed by atoms with E-state index < -0.39 is 0 Å². The minimum Gasteiger partial charge on any atom is -0.247 e. The Labute approximate surface area is 121 Å². The second kappa shape index (κ2) is 4.37. The lowest BCUT2D eigenvalue weighted by atomic mass is 9.70. The van der Waals surface area contributed by atoms with Crippen LogP contribution in [0.3, 0.4) is 0 Å². The molecule has 1 nitrogen and oxygen atoms in total. The molecule has 2 aliphatic rings. The second-order valence-electron chi connectivity index (χ2n) is 6.45. The quantitative estimate of drug-likeness (QED) is 0.553. The lowest BCUT2D eigenvalue weighted by Gasteiger charge is -2.35. The predicted molar refractivity (Wildman–Crippen MR) is 83.8 cm³/mol. The minimum atomic E-state index is 0.315. The molecule has 0 atom stereocenters. The Balaban J connectivity index is 1.85. The van der Waals surface area contributed by atoms with E-state index in [1.807, 2.05) is 0 Å². The van der Waals surface area contributed by atoms with Crippen molar-refractivity contribution in [2.45, 2.75) is 44.4 Å². The van der Waals surface area contributed by atoms with Crippen LogP contribution in [-0.2, 0) is 5.41 Å². The fourth-order valence-corrected chi connectivity index (χ4v) is 3.89. The molecule has 1 heterocycles. The van der Waals surface area contributed by atoms with Crippen molar-refractivity contribution in [3.8, 4) is 11.1 Å². The monoisotopic (exact) mass is 262 g/mol. The molecule has 0 bridgehead atoms. The van der Waals surface area contributed by atoms with E-state index in [0.29, 0.717) is 5.41 Å². The molecule has 0 N–H and O–H groups in total. The van der Waals surface area contributed by atoms with E-state index in [2.05, 4.69) is 49.4 Å². The topological polar surface area (TPSA) is 14.1 Å². The summed E-state index contributed by atoms with van der Waals surface area (Å²) in [5, 5.41) is 4.94. The van der Waals surface area contributed by atoms with E-state index in [4.69, 9.17) is 5.32 Å². The van der Waals surface area contributed by atoms with Crippen molar-refractivity contribution >= 4 is 11.4 Å². The Hall–Kier alpha value is -1.76. The van der Waals surface area contributed by atoms with Crippen LogP contribution in [0.15, 0.2) is 42.5 Å². The third kappa shape index (κ3) is 1.69. The number of nitrogens with zero attached hydrogens (tertiary/aromatic N) is 1. The van der Waals surface area contributed by atoms with Crippen LogP contribution in [0, 0.1) is 0 Å². The highest BCUT2D eigenvalue weighted by Crippen LogP contribution is 2.50. The summed E-state index contributed by atoms with van der Waals surface area (Å²) >= 11 is 0. The van der Waals surface area contributed by atoms with E-state index in [-0.39, 0.29) is 0 Å². The molecule has 20 heavy (non-hydrogen) atoms. The van der Waals surface area contributed by atoms with Gasteiger partial charge in [-0.15, -0.1) is 0 Å². The van der Waals surface area contributed by atoms with Crippen LogP contribution in [0.4, 0.5) is 11.4 Å². The molecule has 0 aromatic heterocycles. The first-order valence-corrected chi connectivity index (χ1v) is 7.73. The van der Waals surface area contributed by atoms with Crippen LogP contribution >= 0.6 is 0 Å². The van der Waals surface area contributed by atoms with Gasteiger partial charge in [-0.3, -0.25) is 0 Å². The van der Waals surface area contributed by atoms with Crippen molar-refractivity contribution in [2.75, 3.05) is 0 Å². The molecule has 0 saturated heterocycles. The van der Waals surface area contributed by atoms with E-state index in [9.17, 15) is 0 Å². The van der Waals surface area contributed by atoms with Gasteiger partial charge in [-0.05, 0) is 29.9 Å². The van der Waals surface area contributed by atoms with Gasteiger partial charge in [0.1, 0.15) is 0 Å². The molecule has 101 valence electrons. The van der Waals surface area contributed by atoms with Crippen LogP contribution in [0.5, 0.6) is 0 Å². The highest BCUT2D eigenvalue weighted by molar-refractivity contribution is 5.92. The fourth-order valence-electron chi connectivity index (χ4n) is 3.89. The Bertz CT molecular complexity index is 651. The molecule has 1 aliphatic heterocycles. The molecule has 1 heteroatoms. The first-order chi connectivity index (χ1) is 9.78. The molecule has 2 aromatic rings. The lowest BCUT2D eigenvalue weighted by Crippen LogP contribution is -2.25. The molecule has 1 fully saturated rings. The van der Waals surface area contributed by atoms with Gasteiger partial charge in [0.2, 0.25) is 0 Å². The SMILES string of the molecule is CC1(c2cccc3c2[N]c2ccccc2-3)CCCCC1. The number of benzene rings is 2. The molecular formula is C19H20N. The summed E-state index contributed by atoms with van der Waals surface area (Å²) in [6.45, 7) is 2.43. The Kier molecular flexibility index (Phi) is 2.63. The Morgan fingerprint density at radius 1 is 0.850 bits per heavy atom. The summed E-state index contributed by atoms with van der Waals surface area (Å²) in [5.41, 5.74) is 6.77. The highest BCUT2D eigenvalue weighted by Gasteiger charge is 2.34. The summed E-state index contributed by atoms with van der Waals surface area (Å²) in [6.07, 6.45) is 6.70. The molecule has 2 aromatic carbocycles. The smallest absolute Gasteiger partial charge is 0.0753 e. The maximum atomic E-state index is 4.94. The van der Waals surface area contributed by atoms with E-state index in [0.717, 1.165) is 5.69 Å². The minimum absolute atomic E-state index is 0.315. The molecule has 1 aliphatic carbocycles. The number of hydrogen-bond acceptors (Lipinski definition) is 0. The average molecular weight is 262 g/mol. The molecule has 0 spiro atoms. The molecule has 4 rings (SSSR count). The van der Waals surface area contributed by atoms with Crippen LogP contribution in [0.25, 0.3) is 11.1 Å². The number of para-hydroxylation sites is 2.